The minimum Gasteiger partial charge on any atom is -0.396 e. The van der Waals surface area contributed by atoms with Crippen LogP contribution in [0.3, 0.4) is 0 Å². The van der Waals surface area contributed by atoms with E-state index >= 15 is 0 Å². The molecule has 14 heteroatoms. The molecule has 0 saturated carbocycles. The first-order chi connectivity index (χ1) is 15.5. The van der Waals surface area contributed by atoms with Gasteiger partial charge in [-0.15, -0.1) is 5.10 Å². The fourth-order valence-corrected chi connectivity index (χ4v) is 2.80. The third-order valence-corrected chi connectivity index (χ3v) is 4.50. The molecule has 1 unspecified atom stereocenters. The van der Waals surface area contributed by atoms with Crippen LogP contribution in [-0.4, -0.2) is 36.6 Å². The van der Waals surface area contributed by atoms with Crippen LogP contribution in [0.1, 0.15) is 28.3 Å². The highest BCUT2D eigenvalue weighted by molar-refractivity contribution is 5.91. The molecule has 0 aliphatic heterocycles. The van der Waals surface area contributed by atoms with E-state index in [1.165, 1.54) is 24.4 Å². The maximum Gasteiger partial charge on any atom is 0.433 e. The Kier molecular flexibility index (Phi) is 7.04. The molecule has 0 aliphatic rings. The van der Waals surface area contributed by atoms with Crippen LogP contribution in [0.25, 0.3) is 0 Å². The van der Waals surface area contributed by atoms with E-state index in [0.717, 1.165) is 21.5 Å². The van der Waals surface area contributed by atoms with Crippen LogP contribution in [0.5, 0.6) is 0 Å². The number of nitrogens with zero attached hydrogens (tertiary/aromatic N) is 5. The van der Waals surface area contributed by atoms with Crippen molar-refractivity contribution in [2.45, 2.75) is 38.4 Å². The highest BCUT2D eigenvalue weighted by Gasteiger charge is 2.32. The molecule has 3 N–H and O–H groups in total. The summed E-state index contributed by atoms with van der Waals surface area (Å²) < 4.78 is 68.0. The van der Waals surface area contributed by atoms with Crippen LogP contribution < -0.4 is 16.6 Å². The van der Waals surface area contributed by atoms with Crippen molar-refractivity contribution in [3.05, 3.63) is 69.9 Å². The van der Waals surface area contributed by atoms with Crippen LogP contribution in [-0.2, 0) is 25.8 Å². The Hall–Kier alpha value is -3.84. The largest absolute Gasteiger partial charge is 0.433 e. The second kappa shape index (κ2) is 9.75. The first kappa shape index (κ1) is 23.8. The van der Waals surface area contributed by atoms with E-state index in [1.54, 1.807) is 0 Å². The summed E-state index contributed by atoms with van der Waals surface area (Å²) in [5.41, 5.74) is 2.76. The van der Waals surface area contributed by atoms with Crippen molar-refractivity contribution in [2.75, 3.05) is 5.73 Å². The average molecular weight is 471 g/mol. The lowest BCUT2D eigenvalue weighted by molar-refractivity contribution is -0.141. The lowest BCUT2D eigenvalue weighted by Gasteiger charge is -2.10. The number of carbonyl (C=O) groups is 1. The first-order valence-corrected chi connectivity index (χ1v) is 9.54. The number of nitrogens with one attached hydrogen (secondary N) is 1. The predicted molar refractivity (Wildman–Crippen MR) is 105 cm³/mol. The summed E-state index contributed by atoms with van der Waals surface area (Å²) in [5.74, 6) is -1.85. The standard InChI is InChI=1S/C19H18F5N7O2/c20-11(4-6-30-7-5-13(25)16(21)18(30)33)9-31-10-14(28-29-31)17(32)26-8-12-2-1-3-15(27-12)19(22,23)24/h1-3,5,7,10-11H,4,6,8-9,25H2,(H,26,32). The van der Waals surface area contributed by atoms with E-state index in [1.807, 2.05) is 0 Å². The zero-order valence-electron chi connectivity index (χ0n) is 16.9. The van der Waals surface area contributed by atoms with Crippen LogP contribution in [0.15, 0.2) is 41.5 Å². The van der Waals surface area contributed by atoms with Gasteiger partial charge in [0.1, 0.15) is 11.9 Å². The summed E-state index contributed by atoms with van der Waals surface area (Å²) in [6.45, 7) is -0.681. The van der Waals surface area contributed by atoms with E-state index in [0.29, 0.717) is 0 Å². The Bertz CT molecular complexity index is 1190. The number of aromatic nitrogens is 5. The van der Waals surface area contributed by atoms with E-state index < -0.39 is 35.3 Å². The number of aryl methyl sites for hydroxylation is 1. The Morgan fingerprint density at radius 3 is 2.73 bits per heavy atom. The third kappa shape index (κ3) is 6.11. The molecule has 0 fully saturated rings. The molecule has 1 amide bonds. The number of pyridine rings is 2. The van der Waals surface area contributed by atoms with Gasteiger partial charge in [0.2, 0.25) is 5.82 Å². The van der Waals surface area contributed by atoms with Crippen LogP contribution in [0.2, 0.25) is 0 Å². The zero-order chi connectivity index (χ0) is 24.2. The van der Waals surface area contributed by atoms with Crippen molar-refractivity contribution >= 4 is 11.6 Å². The van der Waals surface area contributed by atoms with Crippen molar-refractivity contribution in [2.24, 2.45) is 0 Å². The number of amides is 1. The second-order valence-electron chi connectivity index (χ2n) is 6.99. The number of hydrogen-bond donors (Lipinski definition) is 2. The molecule has 3 rings (SSSR count). The molecule has 1 atom stereocenters. The van der Waals surface area contributed by atoms with Gasteiger partial charge >= 0.3 is 6.18 Å². The topological polar surface area (TPSA) is 121 Å². The molecule has 0 radical (unpaired) electrons. The Balaban J connectivity index is 1.52. The Labute approximate surface area is 183 Å². The molecular formula is C19H18F5N7O2. The molecule has 0 saturated heterocycles. The van der Waals surface area contributed by atoms with Crippen molar-refractivity contribution < 1.29 is 26.7 Å². The first-order valence-electron chi connectivity index (χ1n) is 9.54. The Morgan fingerprint density at radius 2 is 2.00 bits per heavy atom. The Morgan fingerprint density at radius 1 is 1.24 bits per heavy atom. The molecule has 0 spiro atoms. The number of halogens is 5. The van der Waals surface area contributed by atoms with Gasteiger partial charge in [-0.1, -0.05) is 11.3 Å². The monoisotopic (exact) mass is 471 g/mol. The molecule has 3 aromatic heterocycles. The fraction of sp³-hybridized carbons (Fsp3) is 0.316. The van der Waals surface area contributed by atoms with Crippen molar-refractivity contribution in [1.29, 1.82) is 0 Å². The summed E-state index contributed by atoms with van der Waals surface area (Å²) in [4.78, 5) is 27.3. The predicted octanol–water partition coefficient (Wildman–Crippen LogP) is 1.93. The summed E-state index contributed by atoms with van der Waals surface area (Å²) in [6, 6.07) is 4.49. The smallest absolute Gasteiger partial charge is 0.396 e. The number of nitrogens with two attached hydrogens (primary N) is 1. The second-order valence-corrected chi connectivity index (χ2v) is 6.99. The van der Waals surface area contributed by atoms with Gasteiger partial charge in [-0.2, -0.15) is 17.6 Å². The molecule has 3 aromatic rings. The van der Waals surface area contributed by atoms with Crippen LogP contribution in [0, 0.1) is 5.82 Å². The van der Waals surface area contributed by atoms with Gasteiger partial charge in [-0.3, -0.25) is 9.59 Å². The summed E-state index contributed by atoms with van der Waals surface area (Å²) in [5, 5.41) is 9.60. The number of carbonyl (C=O) groups excluding carboxylic acids is 1. The van der Waals surface area contributed by atoms with Crippen LogP contribution >= 0.6 is 0 Å². The van der Waals surface area contributed by atoms with E-state index in [4.69, 9.17) is 5.73 Å². The van der Waals surface area contributed by atoms with Gasteiger partial charge < -0.3 is 15.6 Å². The number of rotatable bonds is 8. The van der Waals surface area contributed by atoms with Crippen molar-refractivity contribution in [3.63, 3.8) is 0 Å². The fourth-order valence-electron chi connectivity index (χ4n) is 2.80. The van der Waals surface area contributed by atoms with E-state index in [2.05, 4.69) is 20.6 Å². The normalized spacial score (nSPS) is 12.5. The number of alkyl halides is 4. The minimum absolute atomic E-state index is 0.0104. The van der Waals surface area contributed by atoms with Crippen molar-refractivity contribution in [1.82, 2.24) is 29.9 Å². The molecule has 3 heterocycles. The van der Waals surface area contributed by atoms with Crippen LogP contribution in [0.4, 0.5) is 27.6 Å². The van der Waals surface area contributed by atoms with E-state index in [-0.39, 0.29) is 43.1 Å². The number of nitrogen functional groups attached to an aromatic ring is 1. The molecule has 33 heavy (non-hydrogen) atoms. The minimum atomic E-state index is -4.61. The molecule has 0 aliphatic carbocycles. The molecule has 9 nitrogen and oxygen atoms in total. The third-order valence-electron chi connectivity index (χ3n) is 4.50. The average Bonchev–Trinajstić information content (AvgIpc) is 3.23. The highest BCUT2D eigenvalue weighted by atomic mass is 19.4. The van der Waals surface area contributed by atoms with Gasteiger partial charge in [0.15, 0.2) is 5.69 Å². The van der Waals surface area contributed by atoms with Gasteiger partial charge in [0.25, 0.3) is 11.5 Å². The van der Waals surface area contributed by atoms with Crippen molar-refractivity contribution in [3.8, 4) is 0 Å². The SMILES string of the molecule is Nc1ccn(CCC(F)Cn2cc(C(=O)NCc3cccc(C(F)(F)F)n3)nn2)c(=O)c1F. The highest BCUT2D eigenvalue weighted by Crippen LogP contribution is 2.27. The summed E-state index contributed by atoms with van der Waals surface area (Å²) in [7, 11) is 0. The zero-order valence-corrected chi connectivity index (χ0v) is 16.9. The number of hydrogen-bond acceptors (Lipinski definition) is 6. The lowest BCUT2D eigenvalue weighted by atomic mass is 10.2. The maximum atomic E-state index is 14.3. The molecule has 176 valence electrons. The van der Waals surface area contributed by atoms with Gasteiger partial charge in [-0.25, -0.2) is 14.1 Å². The molecule has 0 aromatic carbocycles. The van der Waals surface area contributed by atoms with Gasteiger partial charge in [-0.05, 0) is 24.6 Å². The maximum absolute atomic E-state index is 14.3. The summed E-state index contributed by atoms with van der Waals surface area (Å²) in [6.07, 6.45) is -3.83. The molecule has 0 bridgehead atoms. The molecular weight excluding hydrogens is 453 g/mol. The quantitative estimate of drug-likeness (QED) is 0.485. The number of anilines is 1. The van der Waals surface area contributed by atoms with Gasteiger partial charge in [0, 0.05) is 12.7 Å². The summed E-state index contributed by atoms with van der Waals surface area (Å²) >= 11 is 0. The van der Waals surface area contributed by atoms with E-state index in [9.17, 15) is 31.5 Å². The van der Waals surface area contributed by atoms with Gasteiger partial charge in [0.05, 0.1) is 30.7 Å². The lowest BCUT2D eigenvalue weighted by Crippen LogP contribution is -2.25.